The van der Waals surface area contributed by atoms with Crippen LogP contribution in [-0.4, -0.2) is 43.8 Å². The van der Waals surface area contributed by atoms with E-state index in [0.717, 1.165) is 45.7 Å². The lowest BCUT2D eigenvalue weighted by molar-refractivity contribution is 0.0572. The van der Waals surface area contributed by atoms with Crippen LogP contribution in [0, 0.1) is 13.8 Å². The van der Waals surface area contributed by atoms with Crippen LogP contribution in [0.2, 0.25) is 0 Å². The van der Waals surface area contributed by atoms with E-state index in [1.54, 1.807) is 0 Å². The van der Waals surface area contributed by atoms with Crippen molar-refractivity contribution in [3.63, 3.8) is 0 Å². The molecule has 2 N–H and O–H groups in total. The molecule has 0 bridgehead atoms. The molecule has 6 nitrogen and oxygen atoms in total. The Kier molecular flexibility index (Phi) is 16.2. The highest BCUT2D eigenvalue weighted by molar-refractivity contribution is 5.95. The molecule has 0 heterocycles. The standard InChI is InChI=1S/C43H56N2O4/c1-4-5-6-7-8-9-10-17-27-49-41-32-39(31-34(2)35(41)3)43(46)45(33-36-18-13-11-14-19-36)26-28-47-29-30-48-40-24-22-38(23-25-40)42(44)37-20-15-12-16-21-37/h11-16,18-25,31-32,42H,4-10,17,26-30,33,44H2,1-3H3. The number of ether oxygens (including phenoxy) is 3. The fourth-order valence-corrected chi connectivity index (χ4v) is 5.88. The van der Waals surface area contributed by atoms with E-state index in [1.807, 2.05) is 109 Å². The van der Waals surface area contributed by atoms with Crippen molar-refractivity contribution >= 4 is 5.91 Å². The van der Waals surface area contributed by atoms with Crippen LogP contribution in [0.25, 0.3) is 0 Å². The summed E-state index contributed by atoms with van der Waals surface area (Å²) < 4.78 is 18.1. The second kappa shape index (κ2) is 21.1. The summed E-state index contributed by atoms with van der Waals surface area (Å²) in [7, 11) is 0. The molecule has 0 spiro atoms. The minimum absolute atomic E-state index is 0.0301. The zero-order chi connectivity index (χ0) is 34.7. The number of rotatable bonds is 22. The zero-order valence-corrected chi connectivity index (χ0v) is 29.9. The molecule has 0 aliphatic rings. The lowest BCUT2D eigenvalue weighted by atomic mass is 10.00. The minimum atomic E-state index is -0.178. The van der Waals surface area contributed by atoms with E-state index in [9.17, 15) is 4.79 Å². The molecule has 0 fully saturated rings. The van der Waals surface area contributed by atoms with E-state index in [-0.39, 0.29) is 11.9 Å². The summed E-state index contributed by atoms with van der Waals surface area (Å²) in [5.41, 5.74) is 12.4. The molecular formula is C43H56N2O4. The normalized spacial score (nSPS) is 11.7. The van der Waals surface area contributed by atoms with E-state index in [0.29, 0.717) is 45.1 Å². The lowest BCUT2D eigenvalue weighted by Crippen LogP contribution is -2.34. The number of hydrogen-bond donors (Lipinski definition) is 1. The second-order valence-electron chi connectivity index (χ2n) is 12.9. The Morgan fingerprint density at radius 1 is 0.694 bits per heavy atom. The minimum Gasteiger partial charge on any atom is -0.493 e. The molecule has 49 heavy (non-hydrogen) atoms. The molecular weight excluding hydrogens is 608 g/mol. The van der Waals surface area contributed by atoms with E-state index >= 15 is 0 Å². The number of unbranched alkanes of at least 4 members (excludes halogenated alkanes) is 7. The highest BCUT2D eigenvalue weighted by atomic mass is 16.5. The number of nitrogens with zero attached hydrogens (tertiary/aromatic N) is 1. The van der Waals surface area contributed by atoms with E-state index in [1.165, 1.54) is 44.9 Å². The Hall–Kier alpha value is -4.13. The number of carbonyl (C=O) groups excluding carboxylic acids is 1. The smallest absolute Gasteiger partial charge is 0.254 e. The molecule has 1 unspecified atom stereocenters. The Labute approximate surface area is 294 Å². The van der Waals surface area contributed by atoms with Gasteiger partial charge in [0.2, 0.25) is 0 Å². The van der Waals surface area contributed by atoms with Crippen molar-refractivity contribution < 1.29 is 19.0 Å². The number of amides is 1. The number of benzene rings is 4. The lowest BCUT2D eigenvalue weighted by Gasteiger charge is -2.24. The quantitative estimate of drug-likeness (QED) is 0.0847. The van der Waals surface area contributed by atoms with Gasteiger partial charge in [0, 0.05) is 18.7 Å². The Bertz CT molecular complexity index is 1510. The van der Waals surface area contributed by atoms with Crippen LogP contribution < -0.4 is 15.2 Å². The second-order valence-corrected chi connectivity index (χ2v) is 12.9. The van der Waals surface area contributed by atoms with Gasteiger partial charge in [0.25, 0.3) is 5.91 Å². The zero-order valence-electron chi connectivity index (χ0n) is 29.9. The largest absolute Gasteiger partial charge is 0.493 e. The van der Waals surface area contributed by atoms with Gasteiger partial charge in [0.15, 0.2) is 0 Å². The molecule has 4 aromatic carbocycles. The molecule has 0 saturated heterocycles. The van der Waals surface area contributed by atoms with Gasteiger partial charge in [-0.1, -0.05) is 125 Å². The SMILES string of the molecule is CCCCCCCCCCOc1cc(C(=O)N(CCOCCOc2ccc(C(N)c3ccccc3)cc2)Cc2ccccc2)cc(C)c1C. The van der Waals surface area contributed by atoms with Crippen LogP contribution >= 0.6 is 0 Å². The first-order valence-electron chi connectivity index (χ1n) is 18.1. The predicted octanol–water partition coefficient (Wildman–Crippen LogP) is 9.61. The molecule has 0 saturated carbocycles. The predicted molar refractivity (Wildman–Crippen MR) is 200 cm³/mol. The van der Waals surface area contributed by atoms with Crippen LogP contribution in [0.5, 0.6) is 11.5 Å². The average molecular weight is 665 g/mol. The maximum Gasteiger partial charge on any atom is 0.254 e. The van der Waals surface area contributed by atoms with Crippen molar-refractivity contribution in [3.8, 4) is 11.5 Å². The van der Waals surface area contributed by atoms with Crippen molar-refractivity contribution in [3.05, 3.63) is 130 Å². The van der Waals surface area contributed by atoms with Crippen molar-refractivity contribution in [1.82, 2.24) is 4.90 Å². The molecule has 4 aromatic rings. The summed E-state index contributed by atoms with van der Waals surface area (Å²) in [6.07, 6.45) is 10.0. The summed E-state index contributed by atoms with van der Waals surface area (Å²) in [6.45, 7) is 9.22. The molecule has 0 aliphatic carbocycles. The first-order chi connectivity index (χ1) is 24.0. The molecule has 0 aromatic heterocycles. The highest BCUT2D eigenvalue weighted by Gasteiger charge is 2.19. The van der Waals surface area contributed by atoms with Crippen LogP contribution in [0.3, 0.4) is 0 Å². The van der Waals surface area contributed by atoms with Crippen molar-refractivity contribution in [1.29, 1.82) is 0 Å². The number of carbonyl (C=O) groups is 1. The third-order valence-electron chi connectivity index (χ3n) is 9.03. The van der Waals surface area contributed by atoms with Crippen LogP contribution in [-0.2, 0) is 11.3 Å². The number of hydrogen-bond acceptors (Lipinski definition) is 5. The first-order valence-corrected chi connectivity index (χ1v) is 18.1. The maximum atomic E-state index is 13.9. The van der Waals surface area contributed by atoms with Crippen molar-refractivity contribution in [2.75, 3.05) is 33.0 Å². The topological polar surface area (TPSA) is 74.0 Å². The molecule has 262 valence electrons. The van der Waals surface area contributed by atoms with Gasteiger partial charge in [-0.15, -0.1) is 0 Å². The average Bonchev–Trinajstić information content (AvgIpc) is 3.13. The molecule has 4 rings (SSSR count). The van der Waals surface area contributed by atoms with Gasteiger partial charge in [-0.2, -0.15) is 0 Å². The van der Waals surface area contributed by atoms with E-state index in [4.69, 9.17) is 19.9 Å². The van der Waals surface area contributed by atoms with Gasteiger partial charge < -0.3 is 24.8 Å². The van der Waals surface area contributed by atoms with Gasteiger partial charge >= 0.3 is 0 Å². The number of aryl methyl sites for hydroxylation is 1. The third kappa shape index (κ3) is 12.7. The van der Waals surface area contributed by atoms with Crippen molar-refractivity contribution in [2.45, 2.75) is 84.7 Å². The fourth-order valence-electron chi connectivity index (χ4n) is 5.88. The fraction of sp³-hybridized carbons (Fsp3) is 0.419. The van der Waals surface area contributed by atoms with Gasteiger partial charge in [0.1, 0.15) is 18.1 Å². The van der Waals surface area contributed by atoms with Crippen LogP contribution in [0.15, 0.2) is 97.1 Å². The summed E-state index contributed by atoms with van der Waals surface area (Å²) in [4.78, 5) is 15.8. The molecule has 6 heteroatoms. The first kappa shape index (κ1) is 37.7. The van der Waals surface area contributed by atoms with Gasteiger partial charge in [-0.05, 0) is 72.4 Å². The maximum absolute atomic E-state index is 13.9. The van der Waals surface area contributed by atoms with Gasteiger partial charge in [-0.25, -0.2) is 0 Å². The molecule has 0 aliphatic heterocycles. The molecule has 1 amide bonds. The van der Waals surface area contributed by atoms with Gasteiger partial charge in [0.05, 0.1) is 25.9 Å². The highest BCUT2D eigenvalue weighted by Crippen LogP contribution is 2.26. The van der Waals surface area contributed by atoms with Crippen LogP contribution in [0.4, 0.5) is 0 Å². The molecule has 1 atom stereocenters. The Morgan fingerprint density at radius 2 is 1.33 bits per heavy atom. The van der Waals surface area contributed by atoms with Crippen LogP contribution in [0.1, 0.15) is 103 Å². The Morgan fingerprint density at radius 3 is 2.02 bits per heavy atom. The number of nitrogens with two attached hydrogens (primary N) is 1. The van der Waals surface area contributed by atoms with Crippen molar-refractivity contribution in [2.24, 2.45) is 5.73 Å². The summed E-state index contributed by atoms with van der Waals surface area (Å²) in [6, 6.07) is 31.7. The molecule has 0 radical (unpaired) electrons. The monoisotopic (exact) mass is 664 g/mol. The third-order valence-corrected chi connectivity index (χ3v) is 9.03. The Balaban J connectivity index is 1.27. The van der Waals surface area contributed by atoms with Gasteiger partial charge in [-0.3, -0.25) is 4.79 Å². The summed E-state index contributed by atoms with van der Waals surface area (Å²) in [5.74, 6) is 1.54. The van der Waals surface area contributed by atoms with E-state index < -0.39 is 0 Å². The summed E-state index contributed by atoms with van der Waals surface area (Å²) >= 11 is 0. The summed E-state index contributed by atoms with van der Waals surface area (Å²) in [5, 5.41) is 0. The van der Waals surface area contributed by atoms with E-state index in [2.05, 4.69) is 13.8 Å².